The largest absolute Gasteiger partial charge is 0.301 e. The summed E-state index contributed by atoms with van der Waals surface area (Å²) in [6, 6.07) is 15.0. The molecule has 0 aliphatic carbocycles. The van der Waals surface area contributed by atoms with Gasteiger partial charge in [0.25, 0.3) is 5.69 Å². The minimum Gasteiger partial charge on any atom is -0.272 e. The second kappa shape index (κ2) is 8.73. The number of non-ortho nitro benzene ring substituents is 1. The molecule has 28 heavy (non-hydrogen) atoms. The van der Waals surface area contributed by atoms with Gasteiger partial charge in [0, 0.05) is 18.7 Å². The molecule has 0 saturated carbocycles. The predicted molar refractivity (Wildman–Crippen MR) is 105 cm³/mol. The van der Waals surface area contributed by atoms with Crippen LogP contribution in [0.4, 0.5) is 17.1 Å². The van der Waals surface area contributed by atoms with Gasteiger partial charge in [-0.25, -0.2) is 0 Å². The first-order valence-corrected chi connectivity index (χ1v) is 8.49. The molecule has 0 unspecified atom stereocenters. The number of hydrogen-bond donors (Lipinski definition) is 1. The summed E-state index contributed by atoms with van der Waals surface area (Å²) >= 11 is 0. The Balaban J connectivity index is 2.23. The van der Waals surface area contributed by atoms with E-state index in [4.69, 9.17) is 0 Å². The summed E-state index contributed by atoms with van der Waals surface area (Å²) in [6.45, 7) is 3.89. The molecule has 0 saturated heterocycles. The smallest absolute Gasteiger partial charge is 0.272 e. The molecule has 9 nitrogen and oxygen atoms in total. The van der Waals surface area contributed by atoms with E-state index >= 15 is 0 Å². The van der Waals surface area contributed by atoms with Crippen molar-refractivity contribution in [1.82, 2.24) is 0 Å². The van der Waals surface area contributed by atoms with E-state index in [1.54, 1.807) is 0 Å². The molecule has 0 amide bonds. The normalized spacial score (nSPS) is 13.1. The number of hydrogen-bond acceptors (Lipinski definition) is 7. The molecular formula is C19H19N5O4. The van der Waals surface area contributed by atoms with Crippen molar-refractivity contribution in [3.05, 3.63) is 74.3 Å². The zero-order chi connectivity index (χ0) is 20.7. The van der Waals surface area contributed by atoms with Crippen LogP contribution in [-0.2, 0) is 5.41 Å². The molecular weight excluding hydrogens is 362 g/mol. The first-order valence-electron chi connectivity index (χ1n) is 8.49. The summed E-state index contributed by atoms with van der Waals surface area (Å²) in [6.07, 6.45) is 1.78. The molecule has 2 rings (SSSR count). The lowest BCUT2D eigenvalue weighted by atomic mass is 9.71. The van der Waals surface area contributed by atoms with Gasteiger partial charge in [-0.05, 0) is 17.5 Å². The summed E-state index contributed by atoms with van der Waals surface area (Å²) in [4.78, 5) is 20.5. The van der Waals surface area contributed by atoms with E-state index in [-0.39, 0.29) is 17.3 Å². The molecule has 144 valence electrons. The summed E-state index contributed by atoms with van der Waals surface area (Å²) in [5, 5.41) is 35.8. The number of benzene rings is 2. The van der Waals surface area contributed by atoms with Crippen molar-refractivity contribution in [1.29, 1.82) is 5.26 Å². The van der Waals surface area contributed by atoms with Crippen LogP contribution in [0.2, 0.25) is 0 Å². The number of nitrogens with zero attached hydrogens (tertiary/aromatic N) is 4. The third-order valence-corrected chi connectivity index (χ3v) is 4.55. The number of nitro benzene ring substituents is 2. The van der Waals surface area contributed by atoms with Crippen LogP contribution in [0.15, 0.2) is 53.6 Å². The topological polar surface area (TPSA) is 134 Å². The van der Waals surface area contributed by atoms with Gasteiger partial charge >= 0.3 is 5.69 Å². The van der Waals surface area contributed by atoms with Gasteiger partial charge in [0.1, 0.15) is 5.69 Å². The van der Waals surface area contributed by atoms with E-state index < -0.39 is 20.9 Å². The van der Waals surface area contributed by atoms with E-state index in [1.165, 1.54) is 12.3 Å². The zero-order valence-corrected chi connectivity index (χ0v) is 15.4. The number of anilines is 1. The highest BCUT2D eigenvalue weighted by atomic mass is 16.6. The molecule has 0 aromatic heterocycles. The van der Waals surface area contributed by atoms with Gasteiger partial charge in [-0.15, -0.1) is 0 Å². The predicted octanol–water partition coefficient (Wildman–Crippen LogP) is 4.41. The van der Waals surface area contributed by atoms with Crippen molar-refractivity contribution >= 4 is 23.3 Å². The maximum Gasteiger partial charge on any atom is 0.301 e. The summed E-state index contributed by atoms with van der Waals surface area (Å²) in [5.74, 6) is 0.0000565. The van der Waals surface area contributed by atoms with Gasteiger partial charge in [-0.2, -0.15) is 10.4 Å². The Morgan fingerprint density at radius 1 is 1.18 bits per heavy atom. The molecule has 2 aromatic rings. The third-order valence-electron chi connectivity index (χ3n) is 4.55. The highest BCUT2D eigenvalue weighted by Crippen LogP contribution is 2.35. The molecule has 0 heterocycles. The van der Waals surface area contributed by atoms with E-state index in [2.05, 4.69) is 16.6 Å². The fourth-order valence-corrected chi connectivity index (χ4v) is 2.85. The van der Waals surface area contributed by atoms with Crippen LogP contribution in [0.25, 0.3) is 0 Å². The minimum atomic E-state index is -0.798. The van der Waals surface area contributed by atoms with Crippen LogP contribution in [0.3, 0.4) is 0 Å². The molecule has 0 bridgehead atoms. The summed E-state index contributed by atoms with van der Waals surface area (Å²) < 4.78 is 0. The number of nitro groups is 2. The molecule has 1 atom stereocenters. The van der Waals surface area contributed by atoms with Gasteiger partial charge in [-0.3, -0.25) is 25.7 Å². The lowest BCUT2D eigenvalue weighted by molar-refractivity contribution is -0.393. The maximum atomic E-state index is 11.2. The molecule has 0 aliphatic rings. The number of nitrogens with one attached hydrogen (secondary N) is 1. The van der Waals surface area contributed by atoms with Crippen LogP contribution in [0.5, 0.6) is 0 Å². The second-order valence-corrected chi connectivity index (χ2v) is 6.45. The Morgan fingerprint density at radius 2 is 1.86 bits per heavy atom. The number of nitriles is 1. The minimum absolute atomic E-state index is 0.0000565. The quantitative estimate of drug-likeness (QED) is 0.409. The average molecular weight is 381 g/mol. The Kier molecular flexibility index (Phi) is 6.39. The molecule has 0 spiro atoms. The molecule has 0 fully saturated rings. The van der Waals surface area contributed by atoms with Crippen LogP contribution >= 0.6 is 0 Å². The van der Waals surface area contributed by atoms with E-state index in [1.807, 2.05) is 44.2 Å². The fraction of sp³-hybridized carbons (Fsp3) is 0.263. The lowest BCUT2D eigenvalue weighted by Gasteiger charge is -2.29. The van der Waals surface area contributed by atoms with Crippen molar-refractivity contribution in [2.75, 3.05) is 5.43 Å². The highest BCUT2D eigenvalue weighted by molar-refractivity contribution is 5.68. The van der Waals surface area contributed by atoms with E-state index in [0.717, 1.165) is 17.7 Å². The van der Waals surface area contributed by atoms with Crippen molar-refractivity contribution in [3.63, 3.8) is 0 Å². The van der Waals surface area contributed by atoms with Gasteiger partial charge in [0.2, 0.25) is 0 Å². The first kappa shape index (κ1) is 20.5. The highest BCUT2D eigenvalue weighted by Gasteiger charge is 2.35. The number of rotatable bonds is 8. The van der Waals surface area contributed by atoms with Gasteiger partial charge in [0.15, 0.2) is 0 Å². The number of hydrazone groups is 1. The molecule has 1 N–H and O–H groups in total. The van der Waals surface area contributed by atoms with Crippen LogP contribution in [0, 0.1) is 37.5 Å². The van der Waals surface area contributed by atoms with Crippen LogP contribution < -0.4 is 5.43 Å². The van der Waals surface area contributed by atoms with Crippen molar-refractivity contribution in [3.8, 4) is 6.07 Å². The molecule has 0 radical (unpaired) electrons. The monoisotopic (exact) mass is 381 g/mol. The summed E-state index contributed by atoms with van der Waals surface area (Å²) in [7, 11) is 0. The van der Waals surface area contributed by atoms with Crippen LogP contribution in [-0.4, -0.2) is 16.1 Å². The molecule has 2 aromatic carbocycles. The van der Waals surface area contributed by atoms with E-state index in [9.17, 15) is 25.5 Å². The Labute approximate surface area is 161 Å². The van der Waals surface area contributed by atoms with E-state index in [0.29, 0.717) is 6.42 Å². The van der Waals surface area contributed by atoms with Crippen molar-refractivity contribution in [2.45, 2.75) is 25.7 Å². The molecule has 9 heteroatoms. The van der Waals surface area contributed by atoms with Crippen molar-refractivity contribution < 1.29 is 9.85 Å². The van der Waals surface area contributed by atoms with Crippen LogP contribution in [0.1, 0.15) is 25.8 Å². The molecule has 0 aliphatic heterocycles. The summed E-state index contributed by atoms with van der Waals surface area (Å²) in [5.41, 5.74) is 1.80. The Morgan fingerprint density at radius 3 is 2.39 bits per heavy atom. The standard InChI is InChI=1S/C19H19N5O4/c1-14(2)19(13-20,15-6-4-3-5-7-15)10-11-21-22-17-9-8-16(23(25)26)12-18(17)24(27)28/h3-9,11-12,14,22H,10H2,1-2H3/b21-11+/t19-/m1/s1. The van der Waals surface area contributed by atoms with Crippen molar-refractivity contribution in [2.24, 2.45) is 11.0 Å². The van der Waals surface area contributed by atoms with Gasteiger partial charge < -0.3 is 0 Å². The maximum absolute atomic E-state index is 11.2. The SMILES string of the molecule is CC(C)[C@](C#N)(C/C=N/Nc1ccc([N+](=O)[O-])cc1[N+](=O)[O-])c1ccccc1. The third kappa shape index (κ3) is 4.29. The fourth-order valence-electron chi connectivity index (χ4n) is 2.85. The zero-order valence-electron chi connectivity index (χ0n) is 15.4. The average Bonchev–Trinajstić information content (AvgIpc) is 2.68. The van der Waals surface area contributed by atoms with Gasteiger partial charge in [0.05, 0.1) is 27.4 Å². The lowest BCUT2D eigenvalue weighted by Crippen LogP contribution is -2.31. The Hall–Kier alpha value is -3.80. The second-order valence-electron chi connectivity index (χ2n) is 6.45. The Bertz CT molecular complexity index is 937. The van der Waals surface area contributed by atoms with Gasteiger partial charge in [-0.1, -0.05) is 44.2 Å². The first-order chi connectivity index (χ1) is 13.3.